The summed E-state index contributed by atoms with van der Waals surface area (Å²) in [6, 6.07) is 9.09. The van der Waals surface area contributed by atoms with E-state index in [1.54, 1.807) is 7.11 Å². The Morgan fingerprint density at radius 2 is 1.90 bits per heavy atom. The van der Waals surface area contributed by atoms with E-state index in [0.717, 1.165) is 24.3 Å². The van der Waals surface area contributed by atoms with Crippen molar-refractivity contribution in [1.82, 2.24) is 9.78 Å². The zero-order chi connectivity index (χ0) is 15.2. The molecule has 0 radical (unpaired) electrons. The predicted molar refractivity (Wildman–Crippen MR) is 87.0 cm³/mol. The van der Waals surface area contributed by atoms with Crippen molar-refractivity contribution in [3.8, 4) is 5.75 Å². The number of nitrogens with one attached hydrogen (secondary N) is 1. The second-order valence-corrected chi connectivity index (χ2v) is 5.73. The number of ether oxygens (including phenoxy) is 1. The van der Waals surface area contributed by atoms with Crippen LogP contribution in [0.5, 0.6) is 5.75 Å². The third kappa shape index (κ3) is 4.52. The van der Waals surface area contributed by atoms with Gasteiger partial charge in [0.15, 0.2) is 0 Å². The normalized spacial score (nSPS) is 12.4. The van der Waals surface area contributed by atoms with E-state index >= 15 is 0 Å². The highest BCUT2D eigenvalue weighted by molar-refractivity contribution is 5.39. The van der Waals surface area contributed by atoms with E-state index < -0.39 is 0 Å². The van der Waals surface area contributed by atoms with Crippen molar-refractivity contribution >= 4 is 5.69 Å². The number of hydrogen-bond donors (Lipinski definition) is 1. The maximum absolute atomic E-state index is 5.17. The largest absolute Gasteiger partial charge is 0.497 e. The molecule has 0 aliphatic rings. The highest BCUT2D eigenvalue weighted by atomic mass is 16.5. The summed E-state index contributed by atoms with van der Waals surface area (Å²) < 4.78 is 7.14. The molecule has 1 heterocycles. The molecule has 0 aliphatic heterocycles. The predicted octanol–water partition coefficient (Wildman–Crippen LogP) is 3.91. The van der Waals surface area contributed by atoms with Crippen molar-refractivity contribution in [3.63, 3.8) is 0 Å². The van der Waals surface area contributed by atoms with Gasteiger partial charge in [-0.15, -0.1) is 0 Å². The Labute approximate surface area is 127 Å². The summed E-state index contributed by atoms with van der Waals surface area (Å²) in [4.78, 5) is 0. The first-order valence-electron chi connectivity index (χ1n) is 7.52. The van der Waals surface area contributed by atoms with Crippen LogP contribution in [0.15, 0.2) is 36.7 Å². The first kappa shape index (κ1) is 15.4. The number of aromatic nitrogens is 2. The van der Waals surface area contributed by atoms with Gasteiger partial charge in [0.25, 0.3) is 0 Å². The first-order valence-corrected chi connectivity index (χ1v) is 7.52. The summed E-state index contributed by atoms with van der Waals surface area (Å²) >= 11 is 0. The Bertz CT molecular complexity index is 545. The molecule has 1 N–H and O–H groups in total. The van der Waals surface area contributed by atoms with Crippen LogP contribution in [0.3, 0.4) is 0 Å². The lowest BCUT2D eigenvalue weighted by atomic mass is 10.1. The van der Waals surface area contributed by atoms with Crippen molar-refractivity contribution in [1.29, 1.82) is 0 Å². The molecule has 0 saturated carbocycles. The maximum Gasteiger partial charge on any atom is 0.118 e. The lowest BCUT2D eigenvalue weighted by molar-refractivity contribution is 0.414. The minimum atomic E-state index is 0.398. The summed E-state index contributed by atoms with van der Waals surface area (Å²) in [7, 11) is 1.69. The van der Waals surface area contributed by atoms with Gasteiger partial charge in [-0.05, 0) is 51.3 Å². The molecular weight excluding hydrogens is 262 g/mol. The van der Waals surface area contributed by atoms with Gasteiger partial charge in [0.05, 0.1) is 19.0 Å². The van der Waals surface area contributed by atoms with Gasteiger partial charge in [-0.25, -0.2) is 0 Å². The highest BCUT2D eigenvalue weighted by Gasteiger charge is 2.06. The SMILES string of the molecule is COc1ccc(CCC(C)Nc2cnn(C(C)C)c2)cc1. The number of hydrogen-bond acceptors (Lipinski definition) is 3. The minimum absolute atomic E-state index is 0.398. The molecule has 1 atom stereocenters. The molecular formula is C17H25N3O. The van der Waals surface area contributed by atoms with E-state index in [4.69, 9.17) is 4.74 Å². The molecule has 0 spiro atoms. The Balaban J connectivity index is 1.81. The van der Waals surface area contributed by atoms with Gasteiger partial charge >= 0.3 is 0 Å². The van der Waals surface area contributed by atoms with Crippen molar-refractivity contribution in [2.24, 2.45) is 0 Å². The van der Waals surface area contributed by atoms with Crippen LogP contribution in [0.25, 0.3) is 0 Å². The number of nitrogens with zero attached hydrogens (tertiary/aromatic N) is 2. The van der Waals surface area contributed by atoms with Crippen LogP contribution in [0.2, 0.25) is 0 Å². The van der Waals surface area contributed by atoms with Crippen LogP contribution >= 0.6 is 0 Å². The fourth-order valence-electron chi connectivity index (χ4n) is 2.23. The van der Waals surface area contributed by atoms with Crippen LogP contribution in [0.4, 0.5) is 5.69 Å². The molecule has 1 aromatic heterocycles. The molecule has 0 bridgehead atoms. The molecule has 0 fully saturated rings. The highest BCUT2D eigenvalue weighted by Crippen LogP contribution is 2.15. The Morgan fingerprint density at radius 1 is 1.19 bits per heavy atom. The monoisotopic (exact) mass is 287 g/mol. The van der Waals surface area contributed by atoms with Crippen molar-refractivity contribution in [2.75, 3.05) is 12.4 Å². The molecule has 114 valence electrons. The average Bonchev–Trinajstić information content (AvgIpc) is 2.94. The van der Waals surface area contributed by atoms with Crippen molar-refractivity contribution in [2.45, 2.75) is 45.7 Å². The molecule has 0 aliphatic carbocycles. The van der Waals surface area contributed by atoms with Gasteiger partial charge in [-0.2, -0.15) is 5.10 Å². The van der Waals surface area contributed by atoms with Crippen LogP contribution in [-0.4, -0.2) is 22.9 Å². The zero-order valence-corrected chi connectivity index (χ0v) is 13.3. The fourth-order valence-corrected chi connectivity index (χ4v) is 2.23. The Morgan fingerprint density at radius 3 is 2.48 bits per heavy atom. The van der Waals surface area contributed by atoms with E-state index in [2.05, 4.69) is 49.5 Å². The Kier molecular flexibility index (Phi) is 5.26. The van der Waals surface area contributed by atoms with Crippen LogP contribution in [-0.2, 0) is 6.42 Å². The summed E-state index contributed by atoms with van der Waals surface area (Å²) in [5.41, 5.74) is 2.42. The molecule has 4 nitrogen and oxygen atoms in total. The summed E-state index contributed by atoms with van der Waals surface area (Å²) in [6.07, 6.45) is 6.09. The number of benzene rings is 1. The molecule has 4 heteroatoms. The lowest BCUT2D eigenvalue weighted by Gasteiger charge is -2.13. The van der Waals surface area contributed by atoms with Gasteiger partial charge in [0.1, 0.15) is 5.75 Å². The molecule has 2 aromatic rings. The van der Waals surface area contributed by atoms with Crippen LogP contribution < -0.4 is 10.1 Å². The summed E-state index contributed by atoms with van der Waals surface area (Å²) in [6.45, 7) is 6.46. The van der Waals surface area contributed by atoms with Gasteiger partial charge in [0, 0.05) is 18.3 Å². The van der Waals surface area contributed by atoms with Crippen molar-refractivity contribution < 1.29 is 4.74 Å². The first-order chi connectivity index (χ1) is 10.1. The van der Waals surface area contributed by atoms with E-state index in [9.17, 15) is 0 Å². The van der Waals surface area contributed by atoms with Crippen LogP contribution in [0.1, 0.15) is 38.8 Å². The topological polar surface area (TPSA) is 39.1 Å². The van der Waals surface area contributed by atoms with E-state index in [1.165, 1.54) is 5.56 Å². The van der Waals surface area contributed by atoms with E-state index in [0.29, 0.717) is 12.1 Å². The number of rotatable bonds is 7. The van der Waals surface area contributed by atoms with E-state index in [1.807, 2.05) is 23.0 Å². The fraction of sp³-hybridized carbons (Fsp3) is 0.471. The molecule has 2 rings (SSSR count). The van der Waals surface area contributed by atoms with Gasteiger partial charge in [-0.1, -0.05) is 12.1 Å². The molecule has 0 amide bonds. The Hall–Kier alpha value is -1.97. The van der Waals surface area contributed by atoms with Gasteiger partial charge in [-0.3, -0.25) is 4.68 Å². The molecule has 0 saturated heterocycles. The van der Waals surface area contributed by atoms with Crippen molar-refractivity contribution in [3.05, 3.63) is 42.2 Å². The number of aryl methyl sites for hydroxylation is 1. The summed E-state index contributed by atoms with van der Waals surface area (Å²) in [5.74, 6) is 0.908. The maximum atomic E-state index is 5.17. The average molecular weight is 287 g/mol. The smallest absolute Gasteiger partial charge is 0.118 e. The number of methoxy groups -OCH3 is 1. The standard InChI is InChI=1S/C17H25N3O/c1-13(2)20-12-16(11-18-20)19-14(3)5-6-15-7-9-17(21-4)10-8-15/h7-14,19H,5-6H2,1-4H3. The quantitative estimate of drug-likeness (QED) is 0.839. The third-order valence-corrected chi connectivity index (χ3v) is 3.57. The van der Waals surface area contributed by atoms with Gasteiger partial charge in [0.2, 0.25) is 0 Å². The van der Waals surface area contributed by atoms with Crippen LogP contribution in [0, 0.1) is 0 Å². The second kappa shape index (κ2) is 7.16. The zero-order valence-electron chi connectivity index (χ0n) is 13.3. The molecule has 1 aromatic carbocycles. The second-order valence-electron chi connectivity index (χ2n) is 5.73. The molecule has 1 unspecified atom stereocenters. The lowest BCUT2D eigenvalue weighted by Crippen LogP contribution is -2.15. The summed E-state index contributed by atoms with van der Waals surface area (Å²) in [5, 5.41) is 7.85. The van der Waals surface area contributed by atoms with Gasteiger partial charge < -0.3 is 10.1 Å². The third-order valence-electron chi connectivity index (χ3n) is 3.57. The number of anilines is 1. The molecule has 21 heavy (non-hydrogen) atoms. The minimum Gasteiger partial charge on any atom is -0.497 e. The van der Waals surface area contributed by atoms with E-state index in [-0.39, 0.29) is 0 Å².